The van der Waals surface area contributed by atoms with E-state index >= 15 is 0 Å². The molecule has 1 aliphatic carbocycles. The molecule has 0 saturated carbocycles. The molecule has 0 aromatic carbocycles. The number of aliphatic hydroxyl groups excluding tert-OH is 1. The molecular weight excluding hydrogens is 196 g/mol. The Morgan fingerprint density at radius 3 is 2.62 bits per heavy atom. The largest absolute Gasteiger partial charge is 0.389 e. The minimum absolute atomic E-state index is 0.282. The van der Waals surface area contributed by atoms with Crippen LogP contribution < -0.4 is 0 Å². The molecule has 0 fully saturated rings. The summed E-state index contributed by atoms with van der Waals surface area (Å²) in [7, 11) is 0. The molecule has 92 valence electrons. The second kappa shape index (κ2) is 6.24. The molecule has 0 saturated heterocycles. The Labute approximate surface area is 100 Å². The maximum absolute atomic E-state index is 10.1. The summed E-state index contributed by atoms with van der Waals surface area (Å²) in [5.41, 5.74) is 1.42. The fraction of sp³-hybridized carbons (Fsp3) is 0.733. The van der Waals surface area contributed by atoms with E-state index in [-0.39, 0.29) is 6.10 Å². The highest BCUT2D eigenvalue weighted by Gasteiger charge is 2.15. The zero-order chi connectivity index (χ0) is 12.1. The van der Waals surface area contributed by atoms with E-state index in [0.717, 1.165) is 12.8 Å². The molecule has 0 radical (unpaired) electrons. The Kier molecular flexibility index (Phi) is 5.27. The SMILES string of the molecule is CC(C)/C1=C/[C@@H](O)[C@@H](C)C/C=C/[C@@H](C)CC1. The lowest BCUT2D eigenvalue weighted by molar-refractivity contribution is 0.161. The summed E-state index contributed by atoms with van der Waals surface area (Å²) in [4.78, 5) is 0. The van der Waals surface area contributed by atoms with E-state index in [1.54, 1.807) is 0 Å². The van der Waals surface area contributed by atoms with Crippen LogP contribution in [0.5, 0.6) is 0 Å². The fourth-order valence-corrected chi connectivity index (χ4v) is 2.10. The zero-order valence-corrected chi connectivity index (χ0v) is 11.1. The highest BCUT2D eigenvalue weighted by Crippen LogP contribution is 2.24. The van der Waals surface area contributed by atoms with E-state index in [9.17, 15) is 5.11 Å². The molecule has 0 amide bonds. The molecule has 0 bridgehead atoms. The fourth-order valence-electron chi connectivity index (χ4n) is 2.10. The molecule has 0 aliphatic heterocycles. The van der Waals surface area contributed by atoms with Gasteiger partial charge in [-0.15, -0.1) is 0 Å². The van der Waals surface area contributed by atoms with Crippen LogP contribution in [0.1, 0.15) is 47.0 Å². The van der Waals surface area contributed by atoms with Gasteiger partial charge in [-0.25, -0.2) is 0 Å². The molecule has 1 N–H and O–H groups in total. The van der Waals surface area contributed by atoms with E-state index in [0.29, 0.717) is 17.8 Å². The van der Waals surface area contributed by atoms with Gasteiger partial charge in [-0.05, 0) is 37.0 Å². The average molecular weight is 222 g/mol. The zero-order valence-electron chi connectivity index (χ0n) is 11.1. The van der Waals surface area contributed by atoms with Crippen LogP contribution in [0.4, 0.5) is 0 Å². The molecule has 3 atom stereocenters. The maximum Gasteiger partial charge on any atom is 0.0752 e. The molecule has 1 nitrogen and oxygen atoms in total. The summed E-state index contributed by atoms with van der Waals surface area (Å²) in [5.74, 6) is 1.54. The van der Waals surface area contributed by atoms with Gasteiger partial charge in [0, 0.05) is 0 Å². The number of rotatable bonds is 1. The van der Waals surface area contributed by atoms with Gasteiger partial charge in [0.05, 0.1) is 6.10 Å². The van der Waals surface area contributed by atoms with Crippen molar-refractivity contribution in [1.82, 2.24) is 0 Å². The second-order valence-electron chi connectivity index (χ2n) is 5.54. The smallest absolute Gasteiger partial charge is 0.0752 e. The third-order valence-corrected chi connectivity index (χ3v) is 3.57. The molecule has 0 spiro atoms. The molecule has 1 heteroatoms. The van der Waals surface area contributed by atoms with Crippen LogP contribution in [0.3, 0.4) is 0 Å². The topological polar surface area (TPSA) is 20.2 Å². The van der Waals surface area contributed by atoms with Gasteiger partial charge in [0.2, 0.25) is 0 Å². The predicted molar refractivity (Wildman–Crippen MR) is 70.2 cm³/mol. The number of aliphatic hydroxyl groups is 1. The van der Waals surface area contributed by atoms with Gasteiger partial charge >= 0.3 is 0 Å². The van der Waals surface area contributed by atoms with Gasteiger partial charge in [-0.3, -0.25) is 0 Å². The Morgan fingerprint density at radius 2 is 2.00 bits per heavy atom. The Morgan fingerprint density at radius 1 is 1.31 bits per heavy atom. The summed E-state index contributed by atoms with van der Waals surface area (Å²) in [6, 6.07) is 0. The average Bonchev–Trinajstić information content (AvgIpc) is 2.22. The molecule has 0 unspecified atom stereocenters. The first-order chi connectivity index (χ1) is 7.50. The van der Waals surface area contributed by atoms with Crippen molar-refractivity contribution < 1.29 is 5.11 Å². The van der Waals surface area contributed by atoms with Crippen molar-refractivity contribution >= 4 is 0 Å². The van der Waals surface area contributed by atoms with E-state index in [1.807, 2.05) is 0 Å². The van der Waals surface area contributed by atoms with Crippen molar-refractivity contribution in [3.63, 3.8) is 0 Å². The Balaban J connectivity index is 2.80. The molecule has 1 rings (SSSR count). The molecule has 0 aromatic heterocycles. The van der Waals surface area contributed by atoms with Crippen LogP contribution in [0.25, 0.3) is 0 Å². The van der Waals surface area contributed by atoms with Crippen LogP contribution in [-0.4, -0.2) is 11.2 Å². The normalized spacial score (nSPS) is 37.9. The monoisotopic (exact) mass is 222 g/mol. The van der Waals surface area contributed by atoms with Crippen LogP contribution in [-0.2, 0) is 0 Å². The van der Waals surface area contributed by atoms with Crippen molar-refractivity contribution in [3.05, 3.63) is 23.8 Å². The van der Waals surface area contributed by atoms with Crippen LogP contribution in [0.2, 0.25) is 0 Å². The summed E-state index contributed by atoms with van der Waals surface area (Å²) < 4.78 is 0. The lowest BCUT2D eigenvalue weighted by Gasteiger charge is -2.20. The van der Waals surface area contributed by atoms with E-state index < -0.39 is 0 Å². The minimum atomic E-state index is -0.282. The first kappa shape index (κ1) is 13.5. The van der Waals surface area contributed by atoms with Crippen molar-refractivity contribution in [2.75, 3.05) is 0 Å². The first-order valence-electron chi connectivity index (χ1n) is 6.56. The van der Waals surface area contributed by atoms with Crippen LogP contribution >= 0.6 is 0 Å². The standard InChI is InChI=1S/C15H26O/c1-11(2)14-9-8-12(3)6-5-7-13(4)15(16)10-14/h5-6,10-13,15-16H,7-9H2,1-4H3/b6-5+,14-10+/t12-,13+,15-/m1/s1. The van der Waals surface area contributed by atoms with Gasteiger partial charge < -0.3 is 5.11 Å². The number of hydrogen-bond donors (Lipinski definition) is 1. The molecular formula is C15H26O. The minimum Gasteiger partial charge on any atom is -0.389 e. The summed E-state index contributed by atoms with van der Waals surface area (Å²) in [5, 5.41) is 10.1. The van der Waals surface area contributed by atoms with E-state index in [2.05, 4.69) is 45.9 Å². The van der Waals surface area contributed by atoms with E-state index in [4.69, 9.17) is 0 Å². The summed E-state index contributed by atoms with van der Waals surface area (Å²) in [6.07, 6.45) is 9.64. The molecule has 0 heterocycles. The molecule has 0 aromatic rings. The summed E-state index contributed by atoms with van der Waals surface area (Å²) >= 11 is 0. The summed E-state index contributed by atoms with van der Waals surface area (Å²) in [6.45, 7) is 8.83. The van der Waals surface area contributed by atoms with Crippen LogP contribution in [0, 0.1) is 17.8 Å². The van der Waals surface area contributed by atoms with E-state index in [1.165, 1.54) is 12.0 Å². The number of hydrogen-bond acceptors (Lipinski definition) is 1. The molecule has 16 heavy (non-hydrogen) atoms. The van der Waals surface area contributed by atoms with Crippen molar-refractivity contribution in [3.8, 4) is 0 Å². The maximum atomic E-state index is 10.1. The van der Waals surface area contributed by atoms with Gasteiger partial charge in [-0.1, -0.05) is 51.5 Å². The third kappa shape index (κ3) is 4.13. The lowest BCUT2D eigenvalue weighted by Crippen LogP contribution is -2.16. The molecule has 1 aliphatic rings. The van der Waals surface area contributed by atoms with Gasteiger partial charge in [-0.2, -0.15) is 0 Å². The van der Waals surface area contributed by atoms with Crippen molar-refractivity contribution in [2.24, 2.45) is 17.8 Å². The predicted octanol–water partition coefficient (Wildman–Crippen LogP) is 3.94. The number of allylic oxidation sites excluding steroid dienone is 3. The second-order valence-corrected chi connectivity index (χ2v) is 5.54. The first-order valence-corrected chi connectivity index (χ1v) is 6.56. The van der Waals surface area contributed by atoms with Gasteiger partial charge in [0.1, 0.15) is 0 Å². The van der Waals surface area contributed by atoms with Gasteiger partial charge in [0.25, 0.3) is 0 Å². The van der Waals surface area contributed by atoms with Crippen LogP contribution in [0.15, 0.2) is 23.8 Å². The quantitative estimate of drug-likeness (QED) is 0.666. The Hall–Kier alpha value is -0.560. The third-order valence-electron chi connectivity index (χ3n) is 3.57. The van der Waals surface area contributed by atoms with Gasteiger partial charge in [0.15, 0.2) is 0 Å². The van der Waals surface area contributed by atoms with Crippen molar-refractivity contribution in [1.29, 1.82) is 0 Å². The lowest BCUT2D eigenvalue weighted by atomic mass is 9.88. The highest BCUT2D eigenvalue weighted by atomic mass is 16.3. The van der Waals surface area contributed by atoms with Crippen molar-refractivity contribution in [2.45, 2.75) is 53.1 Å². The Bertz CT molecular complexity index is 263. The highest BCUT2D eigenvalue weighted by molar-refractivity contribution is 5.10.